The Bertz CT molecular complexity index is 365. The Morgan fingerprint density at radius 3 is 2.88 bits per heavy atom. The third kappa shape index (κ3) is 2.20. The Kier molecular flexibility index (Phi) is 3.46. The van der Waals surface area contributed by atoms with Crippen molar-refractivity contribution in [3.63, 3.8) is 0 Å². The molecule has 3 N–H and O–H groups in total. The van der Waals surface area contributed by atoms with Crippen LogP contribution in [0.25, 0.3) is 0 Å². The van der Waals surface area contributed by atoms with Crippen LogP contribution in [0.15, 0.2) is 18.2 Å². The van der Waals surface area contributed by atoms with Crippen molar-refractivity contribution in [2.24, 2.45) is 11.7 Å². The molecule has 88 valence electrons. The third-order valence-corrected chi connectivity index (χ3v) is 3.46. The monoisotopic (exact) mass is 220 g/mol. The lowest BCUT2D eigenvalue weighted by molar-refractivity contribution is 0.238. The van der Waals surface area contributed by atoms with Gasteiger partial charge in [-0.05, 0) is 36.6 Å². The van der Waals surface area contributed by atoms with Gasteiger partial charge in [-0.1, -0.05) is 6.07 Å². The Morgan fingerprint density at radius 2 is 2.31 bits per heavy atom. The minimum Gasteiger partial charge on any atom is -0.396 e. The summed E-state index contributed by atoms with van der Waals surface area (Å²) in [6, 6.07) is 6.44. The molecular weight excluding hydrogens is 200 g/mol. The van der Waals surface area contributed by atoms with Crippen molar-refractivity contribution in [2.45, 2.75) is 19.9 Å². The van der Waals surface area contributed by atoms with E-state index in [1.54, 1.807) is 0 Å². The first-order valence-corrected chi connectivity index (χ1v) is 5.90. The molecule has 0 aromatic heterocycles. The van der Waals surface area contributed by atoms with Crippen molar-refractivity contribution in [1.82, 2.24) is 0 Å². The Morgan fingerprint density at radius 1 is 1.50 bits per heavy atom. The van der Waals surface area contributed by atoms with Crippen LogP contribution in [-0.4, -0.2) is 24.8 Å². The molecule has 0 aliphatic carbocycles. The van der Waals surface area contributed by atoms with Gasteiger partial charge in [0.05, 0.1) is 0 Å². The largest absolute Gasteiger partial charge is 0.396 e. The lowest BCUT2D eigenvalue weighted by Gasteiger charge is -2.19. The Hall–Kier alpha value is -1.06. The molecule has 1 aliphatic rings. The number of benzene rings is 1. The molecule has 1 atom stereocenters. The van der Waals surface area contributed by atoms with Gasteiger partial charge in [-0.15, -0.1) is 0 Å². The Labute approximate surface area is 96.9 Å². The average Bonchev–Trinajstić information content (AvgIpc) is 2.77. The lowest BCUT2D eigenvalue weighted by atomic mass is 10.1. The highest BCUT2D eigenvalue weighted by atomic mass is 16.3. The third-order valence-electron chi connectivity index (χ3n) is 3.46. The van der Waals surface area contributed by atoms with Gasteiger partial charge in [0.15, 0.2) is 0 Å². The molecule has 16 heavy (non-hydrogen) atoms. The number of aryl methyl sites for hydroxylation is 1. The molecule has 0 saturated carbocycles. The van der Waals surface area contributed by atoms with E-state index < -0.39 is 0 Å². The van der Waals surface area contributed by atoms with Crippen LogP contribution in [-0.2, 0) is 6.54 Å². The van der Waals surface area contributed by atoms with Crippen LogP contribution in [0.3, 0.4) is 0 Å². The molecule has 0 spiro atoms. The van der Waals surface area contributed by atoms with Gasteiger partial charge in [0.2, 0.25) is 0 Å². The van der Waals surface area contributed by atoms with Crippen molar-refractivity contribution in [1.29, 1.82) is 0 Å². The highest BCUT2D eigenvalue weighted by molar-refractivity contribution is 5.51. The van der Waals surface area contributed by atoms with Crippen LogP contribution in [0.1, 0.15) is 17.5 Å². The van der Waals surface area contributed by atoms with Crippen LogP contribution < -0.4 is 10.6 Å². The number of rotatable bonds is 3. The van der Waals surface area contributed by atoms with E-state index in [1.165, 1.54) is 16.8 Å². The Balaban J connectivity index is 2.13. The number of aliphatic hydroxyl groups excluding tert-OH is 1. The molecular formula is C13H20N2O. The summed E-state index contributed by atoms with van der Waals surface area (Å²) >= 11 is 0. The molecule has 0 bridgehead atoms. The van der Waals surface area contributed by atoms with Crippen molar-refractivity contribution in [3.8, 4) is 0 Å². The maximum absolute atomic E-state index is 9.12. The van der Waals surface area contributed by atoms with E-state index in [2.05, 4.69) is 30.0 Å². The van der Waals surface area contributed by atoms with E-state index in [9.17, 15) is 0 Å². The highest BCUT2D eigenvalue weighted by Crippen LogP contribution is 2.25. The van der Waals surface area contributed by atoms with Crippen LogP contribution in [0.5, 0.6) is 0 Å². The summed E-state index contributed by atoms with van der Waals surface area (Å²) < 4.78 is 0. The molecule has 1 unspecified atom stereocenters. The standard InChI is InChI=1S/C13H20N2O/c1-10-6-13(3-2-12(10)7-14)15-5-4-11(8-15)9-16/h2-3,6,11,16H,4-5,7-9,14H2,1H3. The summed E-state index contributed by atoms with van der Waals surface area (Å²) in [6.45, 7) is 5.03. The highest BCUT2D eigenvalue weighted by Gasteiger charge is 2.21. The molecule has 1 aliphatic heterocycles. The first kappa shape index (κ1) is 11.4. The minimum atomic E-state index is 0.302. The van der Waals surface area contributed by atoms with E-state index in [0.29, 0.717) is 19.1 Å². The van der Waals surface area contributed by atoms with Crippen LogP contribution in [0.4, 0.5) is 5.69 Å². The number of aliphatic hydroxyl groups is 1. The second-order valence-corrected chi connectivity index (χ2v) is 4.60. The summed E-state index contributed by atoms with van der Waals surface area (Å²) in [5.74, 6) is 0.439. The minimum absolute atomic E-state index is 0.302. The average molecular weight is 220 g/mol. The summed E-state index contributed by atoms with van der Waals surface area (Å²) in [4.78, 5) is 2.34. The molecule has 0 radical (unpaired) electrons. The van der Waals surface area contributed by atoms with Crippen molar-refractivity contribution in [2.75, 3.05) is 24.6 Å². The molecule has 1 aromatic carbocycles. The fourth-order valence-corrected chi connectivity index (χ4v) is 2.32. The van der Waals surface area contributed by atoms with Crippen molar-refractivity contribution < 1.29 is 5.11 Å². The van der Waals surface area contributed by atoms with E-state index >= 15 is 0 Å². The number of nitrogens with two attached hydrogens (primary N) is 1. The predicted octanol–water partition coefficient (Wildman–Crippen LogP) is 1.27. The SMILES string of the molecule is Cc1cc(N2CCC(CO)C2)ccc1CN. The fraction of sp³-hybridized carbons (Fsp3) is 0.538. The molecule has 1 saturated heterocycles. The number of nitrogens with zero attached hydrogens (tertiary/aromatic N) is 1. The smallest absolute Gasteiger partial charge is 0.0476 e. The molecule has 0 amide bonds. The maximum atomic E-state index is 9.12. The quantitative estimate of drug-likeness (QED) is 0.806. The normalized spacial score (nSPS) is 20.4. The first-order valence-electron chi connectivity index (χ1n) is 5.90. The molecule has 1 heterocycles. The zero-order valence-corrected chi connectivity index (χ0v) is 9.82. The van der Waals surface area contributed by atoms with Gasteiger partial charge in [0.1, 0.15) is 0 Å². The molecule has 3 heteroatoms. The van der Waals surface area contributed by atoms with Gasteiger partial charge in [-0.3, -0.25) is 0 Å². The molecule has 3 nitrogen and oxygen atoms in total. The second-order valence-electron chi connectivity index (χ2n) is 4.60. The number of hydrogen-bond donors (Lipinski definition) is 2. The van der Waals surface area contributed by atoms with Crippen LogP contribution in [0, 0.1) is 12.8 Å². The maximum Gasteiger partial charge on any atom is 0.0476 e. The zero-order valence-electron chi connectivity index (χ0n) is 9.82. The van der Waals surface area contributed by atoms with E-state index in [0.717, 1.165) is 19.5 Å². The first-order chi connectivity index (χ1) is 7.74. The summed E-state index contributed by atoms with van der Waals surface area (Å²) in [6.07, 6.45) is 1.09. The predicted molar refractivity (Wildman–Crippen MR) is 66.5 cm³/mol. The van der Waals surface area contributed by atoms with Crippen LogP contribution in [0.2, 0.25) is 0 Å². The van der Waals surface area contributed by atoms with E-state index in [4.69, 9.17) is 10.8 Å². The van der Waals surface area contributed by atoms with Gasteiger partial charge in [-0.25, -0.2) is 0 Å². The van der Waals surface area contributed by atoms with Crippen molar-refractivity contribution in [3.05, 3.63) is 29.3 Å². The van der Waals surface area contributed by atoms with E-state index in [1.807, 2.05) is 0 Å². The molecule has 1 fully saturated rings. The van der Waals surface area contributed by atoms with Gasteiger partial charge < -0.3 is 15.7 Å². The molecule has 1 aromatic rings. The number of hydrogen-bond acceptors (Lipinski definition) is 3. The second kappa shape index (κ2) is 4.85. The topological polar surface area (TPSA) is 49.5 Å². The van der Waals surface area contributed by atoms with Gasteiger partial charge in [-0.2, -0.15) is 0 Å². The summed E-state index contributed by atoms with van der Waals surface area (Å²) in [7, 11) is 0. The summed E-state index contributed by atoms with van der Waals surface area (Å²) in [5, 5.41) is 9.12. The van der Waals surface area contributed by atoms with Gasteiger partial charge in [0, 0.05) is 37.8 Å². The summed E-state index contributed by atoms with van der Waals surface area (Å²) in [5.41, 5.74) is 9.37. The zero-order chi connectivity index (χ0) is 11.5. The van der Waals surface area contributed by atoms with Crippen LogP contribution >= 0.6 is 0 Å². The lowest BCUT2D eigenvalue weighted by Crippen LogP contribution is -2.20. The van der Waals surface area contributed by atoms with E-state index in [-0.39, 0.29) is 0 Å². The van der Waals surface area contributed by atoms with Gasteiger partial charge in [0.25, 0.3) is 0 Å². The van der Waals surface area contributed by atoms with Gasteiger partial charge >= 0.3 is 0 Å². The fourth-order valence-electron chi connectivity index (χ4n) is 2.32. The molecule has 2 rings (SSSR count). The number of anilines is 1. The van der Waals surface area contributed by atoms with Crippen molar-refractivity contribution >= 4 is 5.69 Å².